The number of halogens is 2. The Balaban J connectivity index is 1.59. The molecule has 132 valence electrons. The van der Waals surface area contributed by atoms with Gasteiger partial charge in [0.15, 0.2) is 0 Å². The van der Waals surface area contributed by atoms with Gasteiger partial charge in [0, 0.05) is 10.7 Å². The van der Waals surface area contributed by atoms with Crippen molar-refractivity contribution in [3.05, 3.63) is 74.0 Å². The number of hydrogen-bond acceptors (Lipinski definition) is 5. The molecule has 0 aliphatic rings. The molecule has 2 aromatic carbocycles. The van der Waals surface area contributed by atoms with Gasteiger partial charge in [-0.3, -0.25) is 0 Å². The van der Waals surface area contributed by atoms with E-state index in [9.17, 15) is 0 Å². The molecule has 0 unspecified atom stereocenters. The highest BCUT2D eigenvalue weighted by Gasteiger charge is 2.15. The molecule has 0 fully saturated rings. The van der Waals surface area contributed by atoms with Crippen LogP contribution in [0.25, 0.3) is 17.1 Å². The first kappa shape index (κ1) is 17.8. The van der Waals surface area contributed by atoms with Crippen LogP contribution in [0.2, 0.25) is 0 Å². The van der Waals surface area contributed by atoms with E-state index in [0.29, 0.717) is 17.9 Å². The highest BCUT2D eigenvalue weighted by atomic mass is 127. The molecule has 2 heterocycles. The van der Waals surface area contributed by atoms with Crippen LogP contribution in [-0.2, 0) is 6.54 Å². The first-order valence-electron chi connectivity index (χ1n) is 7.91. The van der Waals surface area contributed by atoms with Crippen molar-refractivity contribution < 1.29 is 0 Å². The van der Waals surface area contributed by atoms with Crippen LogP contribution in [-0.4, -0.2) is 30.0 Å². The van der Waals surface area contributed by atoms with Gasteiger partial charge in [-0.05, 0) is 63.7 Å². The van der Waals surface area contributed by atoms with Crippen molar-refractivity contribution in [1.82, 2.24) is 30.0 Å². The van der Waals surface area contributed by atoms with Gasteiger partial charge in [-0.15, -0.1) is 10.2 Å². The Kier molecular flexibility index (Phi) is 5.00. The fourth-order valence-corrected chi connectivity index (χ4v) is 3.52. The number of rotatable bonds is 4. The zero-order valence-electron chi connectivity index (χ0n) is 13.8. The van der Waals surface area contributed by atoms with Crippen LogP contribution in [0.5, 0.6) is 0 Å². The van der Waals surface area contributed by atoms with E-state index < -0.39 is 0 Å². The fraction of sp³-hybridized carbons (Fsp3) is 0.0556. The topological polar surface area (TPSA) is 85.2 Å². The van der Waals surface area contributed by atoms with Gasteiger partial charge in [0.25, 0.3) is 0 Å². The molecular formula is C18H11BrIN7. The predicted octanol–water partition coefficient (Wildman–Crippen LogP) is 3.81. The average Bonchev–Trinajstić information content (AvgIpc) is 3.29. The van der Waals surface area contributed by atoms with Crippen molar-refractivity contribution in [3.8, 4) is 23.1 Å². The van der Waals surface area contributed by atoms with E-state index in [2.05, 4.69) is 65.1 Å². The molecule has 2 aromatic heterocycles. The van der Waals surface area contributed by atoms with Crippen molar-refractivity contribution in [2.24, 2.45) is 0 Å². The standard InChI is InChI=1S/C18H11BrIN7/c19-14-2-1-3-15(8-14)26-11-16(17(20)23-26)18-22-25-27(24-18)10-13-6-4-12(9-21)5-7-13/h1-8,11H,10H2. The molecule has 4 rings (SSSR count). The normalized spacial score (nSPS) is 10.7. The van der Waals surface area contributed by atoms with Gasteiger partial charge in [0.2, 0.25) is 5.82 Å². The Morgan fingerprint density at radius 3 is 2.67 bits per heavy atom. The van der Waals surface area contributed by atoms with Crippen LogP contribution in [0.15, 0.2) is 59.2 Å². The molecule has 9 heteroatoms. The smallest absolute Gasteiger partial charge is 0.209 e. The summed E-state index contributed by atoms with van der Waals surface area (Å²) < 4.78 is 3.58. The van der Waals surface area contributed by atoms with Gasteiger partial charge < -0.3 is 0 Å². The summed E-state index contributed by atoms with van der Waals surface area (Å²) >= 11 is 5.64. The molecule has 0 saturated carbocycles. The van der Waals surface area contributed by atoms with Gasteiger partial charge in [-0.1, -0.05) is 34.1 Å². The molecule has 0 radical (unpaired) electrons. The molecule has 27 heavy (non-hydrogen) atoms. The third-order valence-corrected chi connectivity index (χ3v) is 5.13. The van der Waals surface area contributed by atoms with Crippen molar-refractivity contribution in [1.29, 1.82) is 5.26 Å². The highest BCUT2D eigenvalue weighted by molar-refractivity contribution is 14.1. The maximum atomic E-state index is 8.87. The first-order valence-corrected chi connectivity index (χ1v) is 9.78. The van der Waals surface area contributed by atoms with Crippen molar-refractivity contribution in [2.45, 2.75) is 6.54 Å². The second-order valence-electron chi connectivity index (χ2n) is 5.71. The minimum absolute atomic E-state index is 0.481. The molecule has 0 bridgehead atoms. The van der Waals surface area contributed by atoms with Gasteiger partial charge in [-0.2, -0.15) is 15.2 Å². The van der Waals surface area contributed by atoms with Crippen LogP contribution in [0.3, 0.4) is 0 Å². The summed E-state index contributed by atoms with van der Waals surface area (Å²) in [4.78, 5) is 1.53. The maximum Gasteiger partial charge on any atom is 0.209 e. The van der Waals surface area contributed by atoms with E-state index in [-0.39, 0.29) is 0 Å². The first-order chi connectivity index (χ1) is 13.1. The monoisotopic (exact) mass is 531 g/mol. The van der Waals surface area contributed by atoms with Crippen LogP contribution >= 0.6 is 38.5 Å². The number of hydrogen-bond donors (Lipinski definition) is 0. The SMILES string of the molecule is N#Cc1ccc(Cn2nnc(-c3cn(-c4cccc(Br)c4)nc3I)n2)cc1. The number of nitrogens with zero attached hydrogens (tertiary/aromatic N) is 7. The van der Waals surface area contributed by atoms with Crippen LogP contribution in [0.1, 0.15) is 11.1 Å². The lowest BCUT2D eigenvalue weighted by Gasteiger charge is -2.00. The zero-order valence-corrected chi connectivity index (χ0v) is 17.5. The average molecular weight is 532 g/mol. The molecule has 0 aliphatic carbocycles. The zero-order chi connectivity index (χ0) is 18.8. The molecule has 0 aliphatic heterocycles. The number of benzene rings is 2. The lowest BCUT2D eigenvalue weighted by Crippen LogP contribution is -2.04. The number of tetrazole rings is 1. The number of nitriles is 1. The molecule has 0 saturated heterocycles. The van der Waals surface area contributed by atoms with E-state index in [1.165, 1.54) is 4.80 Å². The largest absolute Gasteiger partial charge is 0.239 e. The van der Waals surface area contributed by atoms with E-state index in [1.807, 2.05) is 42.6 Å². The Labute approximate surface area is 176 Å². The quantitative estimate of drug-likeness (QED) is 0.374. The molecule has 0 spiro atoms. The third-order valence-electron chi connectivity index (χ3n) is 3.84. The molecule has 0 atom stereocenters. The molecule has 0 N–H and O–H groups in total. The van der Waals surface area contributed by atoms with Crippen LogP contribution in [0.4, 0.5) is 0 Å². The lowest BCUT2D eigenvalue weighted by molar-refractivity contribution is 0.573. The van der Waals surface area contributed by atoms with Crippen molar-refractivity contribution >= 4 is 38.5 Å². The van der Waals surface area contributed by atoms with E-state index in [1.54, 1.807) is 16.8 Å². The fourth-order valence-electron chi connectivity index (χ4n) is 2.52. The number of aromatic nitrogens is 6. The Morgan fingerprint density at radius 2 is 1.93 bits per heavy atom. The van der Waals surface area contributed by atoms with Crippen molar-refractivity contribution in [2.75, 3.05) is 0 Å². The second kappa shape index (κ2) is 7.58. The van der Waals surface area contributed by atoms with E-state index >= 15 is 0 Å². The van der Waals surface area contributed by atoms with Gasteiger partial charge in [0.1, 0.15) is 3.70 Å². The third kappa shape index (κ3) is 3.91. The maximum absolute atomic E-state index is 8.87. The van der Waals surface area contributed by atoms with E-state index in [4.69, 9.17) is 5.26 Å². The lowest BCUT2D eigenvalue weighted by atomic mass is 10.1. The minimum atomic E-state index is 0.481. The summed E-state index contributed by atoms with van der Waals surface area (Å²) in [5.41, 5.74) is 3.39. The summed E-state index contributed by atoms with van der Waals surface area (Å²) in [6, 6.07) is 17.3. The second-order valence-corrected chi connectivity index (χ2v) is 7.65. The highest BCUT2D eigenvalue weighted by Crippen LogP contribution is 2.23. The Hall–Kier alpha value is -2.58. The summed E-state index contributed by atoms with van der Waals surface area (Å²) in [5.74, 6) is 0.522. The van der Waals surface area contributed by atoms with Gasteiger partial charge in [-0.25, -0.2) is 4.68 Å². The Bertz CT molecular complexity index is 1140. The molecule has 0 amide bonds. The van der Waals surface area contributed by atoms with Crippen LogP contribution in [0, 0.1) is 15.0 Å². The van der Waals surface area contributed by atoms with Crippen molar-refractivity contribution in [3.63, 3.8) is 0 Å². The summed E-state index contributed by atoms with van der Waals surface area (Å²) in [5, 5.41) is 26.2. The van der Waals surface area contributed by atoms with Crippen LogP contribution < -0.4 is 0 Å². The summed E-state index contributed by atoms with van der Waals surface area (Å²) in [7, 11) is 0. The summed E-state index contributed by atoms with van der Waals surface area (Å²) in [6.45, 7) is 0.481. The predicted molar refractivity (Wildman–Crippen MR) is 111 cm³/mol. The Morgan fingerprint density at radius 1 is 1.11 bits per heavy atom. The van der Waals surface area contributed by atoms with Gasteiger partial charge >= 0.3 is 0 Å². The van der Waals surface area contributed by atoms with Gasteiger partial charge in [0.05, 0.1) is 29.4 Å². The summed E-state index contributed by atoms with van der Waals surface area (Å²) in [6.07, 6.45) is 1.90. The molecule has 4 aromatic rings. The molecular weight excluding hydrogens is 521 g/mol. The molecule has 7 nitrogen and oxygen atoms in total. The van der Waals surface area contributed by atoms with E-state index in [0.717, 1.165) is 25.0 Å². The minimum Gasteiger partial charge on any atom is -0.239 e.